The molecule has 0 radical (unpaired) electrons. The smallest absolute Gasteiger partial charge is 0.0528 e. The molecule has 1 aliphatic rings. The summed E-state index contributed by atoms with van der Waals surface area (Å²) in [5.74, 6) is 0. The highest BCUT2D eigenvalue weighted by atomic mass is 127. The van der Waals surface area contributed by atoms with Crippen molar-refractivity contribution in [3.05, 3.63) is 23.8 Å². The van der Waals surface area contributed by atoms with Gasteiger partial charge in [-0.3, -0.25) is 0 Å². The molecule has 0 spiro atoms. The number of halogens is 2. The van der Waals surface area contributed by atoms with Gasteiger partial charge in [0.05, 0.1) is 3.42 Å². The molecule has 0 aromatic heterocycles. The van der Waals surface area contributed by atoms with Crippen LogP contribution in [0.4, 0.5) is 0 Å². The van der Waals surface area contributed by atoms with Crippen LogP contribution < -0.4 is 0 Å². The minimum atomic E-state index is 0.317. The van der Waals surface area contributed by atoms with Gasteiger partial charge in [-0.15, -0.1) is 0 Å². The van der Waals surface area contributed by atoms with Gasteiger partial charge in [0.25, 0.3) is 0 Å². The number of allylic oxidation sites excluding steroid dienone is 4. The molecule has 56 valence electrons. The number of hydrogen-bond acceptors (Lipinski definition) is 0. The van der Waals surface area contributed by atoms with Crippen LogP contribution in [0, 0.1) is 0 Å². The highest BCUT2D eigenvalue weighted by Gasteiger charge is 2.26. The van der Waals surface area contributed by atoms with E-state index in [0.29, 0.717) is 7.35 Å². The molecular formula is C8H10I2. The Kier molecular flexibility index (Phi) is 2.82. The molecular weight excluding hydrogens is 350 g/mol. The maximum atomic E-state index is 2.49. The molecule has 0 heterocycles. The lowest BCUT2D eigenvalue weighted by molar-refractivity contribution is 0.867. The summed E-state index contributed by atoms with van der Waals surface area (Å²) in [5, 5.41) is 0. The number of rotatable bonds is 0. The molecule has 1 rings (SSSR count). The normalized spacial score (nSPS) is 39.6. The number of alkyl halides is 2. The van der Waals surface area contributed by atoms with E-state index in [1.54, 1.807) is 0 Å². The predicted octanol–water partition coefficient (Wildman–Crippen LogP) is 3.50. The Morgan fingerprint density at radius 1 is 1.60 bits per heavy atom. The molecule has 0 bridgehead atoms. The predicted molar refractivity (Wildman–Crippen MR) is 63.1 cm³/mol. The molecule has 0 saturated carbocycles. The summed E-state index contributed by atoms with van der Waals surface area (Å²) in [7, 11) is 0. The second kappa shape index (κ2) is 3.13. The summed E-state index contributed by atoms with van der Waals surface area (Å²) in [6.07, 6.45) is 6.79. The van der Waals surface area contributed by atoms with Crippen molar-refractivity contribution in [2.45, 2.75) is 21.2 Å². The third-order valence-corrected chi connectivity index (χ3v) is 5.50. The maximum Gasteiger partial charge on any atom is 0.0528 e. The molecule has 1 aliphatic carbocycles. The van der Waals surface area contributed by atoms with Crippen molar-refractivity contribution < 1.29 is 0 Å². The SMILES string of the molecule is CC1=CC(I)C(C)(I)C=C1. The zero-order valence-electron chi connectivity index (χ0n) is 6.07. The van der Waals surface area contributed by atoms with Crippen LogP contribution in [-0.2, 0) is 0 Å². The zero-order valence-corrected chi connectivity index (χ0v) is 10.4. The molecule has 0 saturated heterocycles. The van der Waals surface area contributed by atoms with Crippen molar-refractivity contribution in [2.24, 2.45) is 0 Å². The van der Waals surface area contributed by atoms with Crippen molar-refractivity contribution in [3.8, 4) is 0 Å². The van der Waals surface area contributed by atoms with Crippen molar-refractivity contribution in [3.63, 3.8) is 0 Å². The first-order valence-corrected chi connectivity index (χ1v) is 5.55. The highest BCUT2D eigenvalue weighted by Crippen LogP contribution is 2.34. The lowest BCUT2D eigenvalue weighted by Crippen LogP contribution is -2.25. The third kappa shape index (κ3) is 1.96. The molecule has 0 nitrogen and oxygen atoms in total. The van der Waals surface area contributed by atoms with E-state index >= 15 is 0 Å². The molecule has 2 atom stereocenters. The second-order valence-corrected chi connectivity index (χ2v) is 6.46. The second-order valence-electron chi connectivity index (χ2n) is 2.80. The molecule has 0 aliphatic heterocycles. The van der Waals surface area contributed by atoms with Gasteiger partial charge in [-0.1, -0.05) is 69.0 Å². The van der Waals surface area contributed by atoms with Crippen LogP contribution in [-0.4, -0.2) is 7.35 Å². The lowest BCUT2D eigenvalue weighted by Gasteiger charge is -2.25. The van der Waals surface area contributed by atoms with Gasteiger partial charge < -0.3 is 0 Å². The monoisotopic (exact) mass is 360 g/mol. The van der Waals surface area contributed by atoms with E-state index in [4.69, 9.17) is 0 Å². The van der Waals surface area contributed by atoms with E-state index in [9.17, 15) is 0 Å². The molecule has 10 heavy (non-hydrogen) atoms. The van der Waals surface area contributed by atoms with Crippen LogP contribution in [0.15, 0.2) is 23.8 Å². The average Bonchev–Trinajstić information content (AvgIpc) is 1.81. The third-order valence-electron chi connectivity index (χ3n) is 1.62. The van der Waals surface area contributed by atoms with Gasteiger partial charge in [-0.25, -0.2) is 0 Å². The minimum absolute atomic E-state index is 0.317. The first-order chi connectivity index (χ1) is 4.52. The molecule has 0 aromatic rings. The minimum Gasteiger partial charge on any atom is -0.0763 e. The topological polar surface area (TPSA) is 0 Å². The van der Waals surface area contributed by atoms with Gasteiger partial charge in [0.15, 0.2) is 0 Å². The van der Waals surface area contributed by atoms with E-state index in [2.05, 4.69) is 77.3 Å². The fourth-order valence-electron chi connectivity index (χ4n) is 0.836. The number of hydrogen-bond donors (Lipinski definition) is 0. The quantitative estimate of drug-likeness (QED) is 0.458. The van der Waals surface area contributed by atoms with E-state index in [1.807, 2.05) is 0 Å². The van der Waals surface area contributed by atoms with E-state index in [1.165, 1.54) is 5.57 Å². The molecule has 2 heteroatoms. The Labute approximate surface area is 89.4 Å². The Bertz CT molecular complexity index is 189. The first-order valence-electron chi connectivity index (χ1n) is 3.23. The molecule has 0 fully saturated rings. The van der Waals surface area contributed by atoms with Gasteiger partial charge in [0.1, 0.15) is 0 Å². The van der Waals surface area contributed by atoms with E-state index < -0.39 is 0 Å². The summed E-state index contributed by atoms with van der Waals surface area (Å²) in [4.78, 5) is 0. The Morgan fingerprint density at radius 3 is 2.60 bits per heavy atom. The molecule has 0 aromatic carbocycles. The summed E-state index contributed by atoms with van der Waals surface area (Å²) in [5.41, 5.74) is 1.38. The van der Waals surface area contributed by atoms with Crippen LogP contribution >= 0.6 is 45.2 Å². The van der Waals surface area contributed by atoms with Gasteiger partial charge in [-0.05, 0) is 13.8 Å². The van der Waals surface area contributed by atoms with Gasteiger partial charge >= 0.3 is 0 Å². The Hall–Kier alpha value is 0.940. The Balaban J connectivity index is 2.84. The summed E-state index contributed by atoms with van der Waals surface area (Å²) in [6.45, 7) is 4.40. The van der Waals surface area contributed by atoms with Crippen LogP contribution in [0.1, 0.15) is 13.8 Å². The molecule has 2 unspecified atom stereocenters. The van der Waals surface area contributed by atoms with Crippen molar-refractivity contribution in [2.75, 3.05) is 0 Å². The summed E-state index contributed by atoms with van der Waals surface area (Å²) < 4.78 is 0.952. The van der Waals surface area contributed by atoms with E-state index in [-0.39, 0.29) is 0 Å². The van der Waals surface area contributed by atoms with Crippen molar-refractivity contribution >= 4 is 45.2 Å². The summed E-state index contributed by atoms with van der Waals surface area (Å²) in [6, 6.07) is 0. The maximum absolute atomic E-state index is 2.49. The average molecular weight is 360 g/mol. The fourth-order valence-corrected chi connectivity index (χ4v) is 1.97. The highest BCUT2D eigenvalue weighted by molar-refractivity contribution is 14.1. The first kappa shape index (κ1) is 9.03. The zero-order chi connectivity index (χ0) is 7.78. The van der Waals surface area contributed by atoms with Gasteiger partial charge in [0.2, 0.25) is 0 Å². The van der Waals surface area contributed by atoms with Crippen LogP contribution in [0.5, 0.6) is 0 Å². The molecule has 0 N–H and O–H groups in total. The van der Waals surface area contributed by atoms with Crippen LogP contribution in [0.2, 0.25) is 0 Å². The standard InChI is InChI=1S/C8H10I2/c1-6-3-4-8(2,10)7(9)5-6/h3-5,7H,1-2H3. The van der Waals surface area contributed by atoms with Crippen molar-refractivity contribution in [1.29, 1.82) is 0 Å². The van der Waals surface area contributed by atoms with Gasteiger partial charge in [0, 0.05) is 3.92 Å². The summed E-state index contributed by atoms with van der Waals surface area (Å²) >= 11 is 4.97. The Morgan fingerprint density at radius 2 is 2.20 bits per heavy atom. The van der Waals surface area contributed by atoms with Gasteiger partial charge in [-0.2, -0.15) is 0 Å². The molecule has 0 amide bonds. The van der Waals surface area contributed by atoms with Crippen LogP contribution in [0.3, 0.4) is 0 Å². The van der Waals surface area contributed by atoms with Crippen LogP contribution in [0.25, 0.3) is 0 Å². The lowest BCUT2D eigenvalue weighted by atomic mass is 9.99. The van der Waals surface area contributed by atoms with E-state index in [0.717, 1.165) is 0 Å². The largest absolute Gasteiger partial charge is 0.0763 e. The fraction of sp³-hybridized carbons (Fsp3) is 0.500. The van der Waals surface area contributed by atoms with Crippen molar-refractivity contribution in [1.82, 2.24) is 0 Å².